The van der Waals surface area contributed by atoms with Crippen LogP contribution in [-0.2, 0) is 7.05 Å². The van der Waals surface area contributed by atoms with Crippen LogP contribution in [0, 0.1) is 0 Å². The first-order valence-corrected chi connectivity index (χ1v) is 6.15. The first kappa shape index (κ1) is 10.7. The fraction of sp³-hybridized carbons (Fsp3) is 0.600. The topological polar surface area (TPSA) is 46.9 Å². The molecule has 0 spiro atoms. The van der Waals surface area contributed by atoms with Crippen molar-refractivity contribution in [2.75, 3.05) is 5.33 Å². The van der Waals surface area contributed by atoms with Crippen LogP contribution in [0.3, 0.4) is 0 Å². The molecule has 0 saturated heterocycles. The van der Waals surface area contributed by atoms with Gasteiger partial charge in [-0.25, -0.2) is 0 Å². The van der Waals surface area contributed by atoms with Crippen LogP contribution >= 0.6 is 15.9 Å². The van der Waals surface area contributed by atoms with E-state index in [4.69, 9.17) is 0 Å². The second-order valence-corrected chi connectivity index (χ2v) is 4.62. The van der Waals surface area contributed by atoms with Gasteiger partial charge in [-0.3, -0.25) is 9.48 Å². The van der Waals surface area contributed by atoms with Gasteiger partial charge < -0.3 is 5.32 Å². The highest BCUT2D eigenvalue weighted by Gasteiger charge is 2.37. The van der Waals surface area contributed by atoms with Gasteiger partial charge in [0, 0.05) is 18.6 Å². The number of amides is 1. The number of nitrogens with zero attached hydrogens (tertiary/aromatic N) is 2. The number of rotatable bonds is 3. The molecule has 5 heteroatoms. The molecule has 82 valence electrons. The Labute approximate surface area is 97.2 Å². The maximum absolute atomic E-state index is 11.9. The summed E-state index contributed by atoms with van der Waals surface area (Å²) in [5.41, 5.74) is 0.587. The Bertz CT molecular complexity index is 365. The van der Waals surface area contributed by atoms with E-state index in [9.17, 15) is 4.79 Å². The Hall–Kier alpha value is -0.840. The molecule has 1 aliphatic carbocycles. The van der Waals surface area contributed by atoms with Crippen molar-refractivity contribution < 1.29 is 4.79 Å². The fourth-order valence-corrected chi connectivity index (χ4v) is 2.50. The summed E-state index contributed by atoms with van der Waals surface area (Å²) in [5.74, 6) is -0.0332. The zero-order chi connectivity index (χ0) is 10.9. The first-order chi connectivity index (χ1) is 7.17. The molecule has 4 nitrogen and oxygen atoms in total. The summed E-state index contributed by atoms with van der Waals surface area (Å²) in [7, 11) is 1.77. The molecule has 1 fully saturated rings. The first-order valence-electron chi connectivity index (χ1n) is 5.03. The molecule has 0 aliphatic heterocycles. The van der Waals surface area contributed by atoms with Gasteiger partial charge in [0.15, 0.2) is 0 Å². The van der Waals surface area contributed by atoms with Gasteiger partial charge >= 0.3 is 0 Å². The van der Waals surface area contributed by atoms with Gasteiger partial charge in [-0.15, -0.1) is 0 Å². The Morgan fingerprint density at radius 2 is 2.47 bits per heavy atom. The predicted octanol–water partition coefficient (Wildman–Crippen LogP) is 1.47. The maximum atomic E-state index is 11.9. The quantitative estimate of drug-likeness (QED) is 0.847. The number of alkyl halides is 1. The van der Waals surface area contributed by atoms with Gasteiger partial charge in [-0.1, -0.05) is 15.9 Å². The summed E-state index contributed by atoms with van der Waals surface area (Å²) < 4.78 is 1.59. The van der Waals surface area contributed by atoms with Gasteiger partial charge in [0.25, 0.3) is 5.91 Å². The van der Waals surface area contributed by atoms with Gasteiger partial charge in [0.05, 0.1) is 5.54 Å². The van der Waals surface area contributed by atoms with Crippen LogP contribution in [0.5, 0.6) is 0 Å². The van der Waals surface area contributed by atoms with Crippen molar-refractivity contribution in [3.8, 4) is 0 Å². The van der Waals surface area contributed by atoms with Crippen molar-refractivity contribution in [1.29, 1.82) is 0 Å². The molecule has 1 amide bonds. The number of hydrogen-bond donors (Lipinski definition) is 1. The van der Waals surface area contributed by atoms with E-state index in [0.29, 0.717) is 5.69 Å². The Balaban J connectivity index is 2.07. The highest BCUT2D eigenvalue weighted by Crippen LogP contribution is 2.33. The molecule has 0 atom stereocenters. The lowest BCUT2D eigenvalue weighted by Crippen LogP contribution is -2.55. The predicted molar refractivity (Wildman–Crippen MR) is 61.1 cm³/mol. The number of carbonyl (C=O) groups is 1. The summed E-state index contributed by atoms with van der Waals surface area (Å²) >= 11 is 3.46. The Kier molecular flexibility index (Phi) is 2.82. The lowest BCUT2D eigenvalue weighted by Gasteiger charge is -2.41. The molecular formula is C10H14BrN3O. The van der Waals surface area contributed by atoms with E-state index in [2.05, 4.69) is 26.3 Å². The van der Waals surface area contributed by atoms with Gasteiger partial charge in [0.2, 0.25) is 0 Å². The number of aryl methyl sites for hydroxylation is 1. The molecule has 1 aromatic heterocycles. The Morgan fingerprint density at radius 1 is 1.73 bits per heavy atom. The van der Waals surface area contributed by atoms with E-state index >= 15 is 0 Å². The second kappa shape index (κ2) is 3.96. The van der Waals surface area contributed by atoms with Gasteiger partial charge in [0.1, 0.15) is 5.69 Å². The maximum Gasteiger partial charge on any atom is 0.269 e. The van der Waals surface area contributed by atoms with Crippen LogP contribution in [0.15, 0.2) is 12.3 Å². The summed E-state index contributed by atoms with van der Waals surface area (Å²) in [6, 6.07) is 1.73. The standard InChI is InChI=1S/C10H14BrN3O/c1-14-8(3-6-12-14)9(15)13-10(7-11)4-2-5-10/h3,6H,2,4-5,7H2,1H3,(H,13,15). The lowest BCUT2D eigenvalue weighted by atomic mass is 9.78. The zero-order valence-corrected chi connectivity index (χ0v) is 10.2. The molecule has 1 N–H and O–H groups in total. The number of halogens is 1. The second-order valence-electron chi connectivity index (χ2n) is 4.06. The third-order valence-electron chi connectivity index (χ3n) is 3.00. The highest BCUT2D eigenvalue weighted by molar-refractivity contribution is 9.09. The third kappa shape index (κ3) is 1.93. The lowest BCUT2D eigenvalue weighted by molar-refractivity contribution is 0.0846. The molecule has 2 rings (SSSR count). The zero-order valence-electron chi connectivity index (χ0n) is 8.66. The summed E-state index contributed by atoms with van der Waals surface area (Å²) in [6.07, 6.45) is 4.94. The Morgan fingerprint density at radius 3 is 2.87 bits per heavy atom. The monoisotopic (exact) mass is 271 g/mol. The molecular weight excluding hydrogens is 258 g/mol. The minimum atomic E-state index is -0.0332. The fourth-order valence-electron chi connectivity index (χ4n) is 1.80. The average Bonchev–Trinajstić information content (AvgIpc) is 2.58. The van der Waals surface area contributed by atoms with Crippen LogP contribution in [0.2, 0.25) is 0 Å². The SMILES string of the molecule is Cn1nccc1C(=O)NC1(CBr)CCC1. The highest BCUT2D eigenvalue weighted by atomic mass is 79.9. The van der Waals surface area contributed by atoms with Crippen molar-refractivity contribution in [1.82, 2.24) is 15.1 Å². The molecule has 15 heavy (non-hydrogen) atoms. The van der Waals surface area contributed by atoms with Crippen molar-refractivity contribution in [2.24, 2.45) is 7.05 Å². The van der Waals surface area contributed by atoms with Crippen molar-refractivity contribution in [3.05, 3.63) is 18.0 Å². The van der Waals surface area contributed by atoms with Crippen LogP contribution in [0.25, 0.3) is 0 Å². The molecule has 0 aromatic carbocycles. The van der Waals surface area contributed by atoms with Crippen LogP contribution < -0.4 is 5.32 Å². The van der Waals surface area contributed by atoms with Crippen LogP contribution in [-0.4, -0.2) is 26.6 Å². The normalized spacial score (nSPS) is 18.3. The van der Waals surface area contributed by atoms with Crippen molar-refractivity contribution in [2.45, 2.75) is 24.8 Å². The molecule has 1 heterocycles. The van der Waals surface area contributed by atoms with E-state index in [1.807, 2.05) is 0 Å². The largest absolute Gasteiger partial charge is 0.344 e. The van der Waals surface area contributed by atoms with E-state index in [0.717, 1.165) is 18.2 Å². The minimum absolute atomic E-state index is 0.0264. The summed E-state index contributed by atoms with van der Waals surface area (Å²) in [5, 5.41) is 7.88. The molecule has 0 radical (unpaired) electrons. The van der Waals surface area contributed by atoms with E-state index in [1.165, 1.54) is 6.42 Å². The van der Waals surface area contributed by atoms with E-state index in [-0.39, 0.29) is 11.4 Å². The molecule has 0 unspecified atom stereocenters. The van der Waals surface area contributed by atoms with E-state index in [1.54, 1.807) is 24.0 Å². The van der Waals surface area contributed by atoms with Gasteiger partial charge in [-0.2, -0.15) is 5.10 Å². The summed E-state index contributed by atoms with van der Waals surface area (Å²) in [4.78, 5) is 11.9. The van der Waals surface area contributed by atoms with Crippen molar-refractivity contribution in [3.63, 3.8) is 0 Å². The van der Waals surface area contributed by atoms with Crippen LogP contribution in [0.1, 0.15) is 29.8 Å². The minimum Gasteiger partial charge on any atom is -0.344 e. The number of hydrogen-bond acceptors (Lipinski definition) is 2. The van der Waals surface area contributed by atoms with Crippen LogP contribution in [0.4, 0.5) is 0 Å². The molecule has 1 aromatic rings. The van der Waals surface area contributed by atoms with E-state index < -0.39 is 0 Å². The molecule has 0 bridgehead atoms. The number of nitrogens with one attached hydrogen (secondary N) is 1. The van der Waals surface area contributed by atoms with Gasteiger partial charge in [-0.05, 0) is 25.3 Å². The smallest absolute Gasteiger partial charge is 0.269 e. The molecule has 1 aliphatic rings. The summed E-state index contributed by atoms with van der Waals surface area (Å²) in [6.45, 7) is 0. The number of aromatic nitrogens is 2. The third-order valence-corrected chi connectivity index (χ3v) is 4.07. The molecule has 1 saturated carbocycles. The van der Waals surface area contributed by atoms with Crippen molar-refractivity contribution >= 4 is 21.8 Å². The average molecular weight is 272 g/mol. The number of carbonyl (C=O) groups excluding carboxylic acids is 1.